The number of carbonyl (C=O) groups excluding carboxylic acids is 2. The summed E-state index contributed by atoms with van der Waals surface area (Å²) < 4.78 is 5.53. The first-order valence-electron chi connectivity index (χ1n) is 14.1. The molecule has 0 atom stereocenters. The normalized spacial score (nSPS) is 13.8. The first-order valence-corrected chi connectivity index (χ1v) is 14.5. The van der Waals surface area contributed by atoms with Crippen molar-refractivity contribution in [2.24, 2.45) is 5.10 Å². The third-order valence-electron chi connectivity index (χ3n) is 7.37. The minimum atomic E-state index is -0.290. The van der Waals surface area contributed by atoms with E-state index >= 15 is 0 Å². The molecule has 220 valence electrons. The van der Waals surface area contributed by atoms with Gasteiger partial charge in [-0.2, -0.15) is 5.10 Å². The van der Waals surface area contributed by atoms with Gasteiger partial charge in [0.1, 0.15) is 5.75 Å². The average Bonchev–Trinajstić information content (AvgIpc) is 3.04. The molecule has 9 heteroatoms. The van der Waals surface area contributed by atoms with E-state index in [2.05, 4.69) is 31.7 Å². The number of methoxy groups -OCH3 is 1. The molecule has 1 fully saturated rings. The molecule has 0 saturated carbocycles. The monoisotopic (exact) mass is 595 g/mol. The van der Waals surface area contributed by atoms with E-state index in [1.807, 2.05) is 54.6 Å². The van der Waals surface area contributed by atoms with E-state index in [1.54, 1.807) is 50.4 Å². The van der Waals surface area contributed by atoms with Gasteiger partial charge in [-0.1, -0.05) is 54.1 Å². The molecular weight excluding hydrogens is 562 g/mol. The standard InChI is InChI=1S/C34H34ClN5O3/c1-24(27-7-6-10-30(22-27)36-33(41)28-8-5-9-29(35)21-28)37-38-34(42)26-15-13-25(14-16-26)23-39-17-19-40(20-18-39)31-11-3-4-12-32(31)43-2/h3-16,21-22H,17-20,23H2,1-2H3,(H,36,41)(H,38,42)/b37-24-. The Hall–Kier alpha value is -4.66. The molecule has 1 saturated heterocycles. The van der Waals surface area contributed by atoms with Gasteiger partial charge in [0.2, 0.25) is 0 Å². The minimum absolute atomic E-state index is 0.263. The van der Waals surface area contributed by atoms with Gasteiger partial charge in [-0.05, 0) is 72.6 Å². The van der Waals surface area contributed by atoms with E-state index in [0.717, 1.165) is 55.3 Å². The number of rotatable bonds is 9. The van der Waals surface area contributed by atoms with Gasteiger partial charge in [0, 0.05) is 54.6 Å². The first-order chi connectivity index (χ1) is 20.9. The van der Waals surface area contributed by atoms with Gasteiger partial charge in [0.05, 0.1) is 18.5 Å². The Balaban J connectivity index is 1.12. The van der Waals surface area contributed by atoms with Crippen LogP contribution in [0.15, 0.2) is 102 Å². The summed E-state index contributed by atoms with van der Waals surface area (Å²) in [5.41, 5.74) is 7.91. The van der Waals surface area contributed by atoms with Crippen LogP contribution in [-0.2, 0) is 6.54 Å². The molecule has 0 aliphatic carbocycles. The maximum atomic E-state index is 12.8. The molecule has 4 aromatic rings. The summed E-state index contributed by atoms with van der Waals surface area (Å²) in [5, 5.41) is 7.65. The number of benzene rings is 4. The van der Waals surface area contributed by atoms with Crippen molar-refractivity contribution in [2.45, 2.75) is 13.5 Å². The van der Waals surface area contributed by atoms with Gasteiger partial charge < -0.3 is 15.0 Å². The van der Waals surface area contributed by atoms with E-state index in [-0.39, 0.29) is 11.8 Å². The summed E-state index contributed by atoms with van der Waals surface area (Å²) in [4.78, 5) is 30.1. The zero-order chi connectivity index (χ0) is 30.2. The van der Waals surface area contributed by atoms with E-state index in [9.17, 15) is 9.59 Å². The number of hydrogen-bond acceptors (Lipinski definition) is 6. The topological polar surface area (TPSA) is 86.3 Å². The summed E-state index contributed by atoms with van der Waals surface area (Å²) >= 11 is 6.00. The third kappa shape index (κ3) is 7.80. The zero-order valence-corrected chi connectivity index (χ0v) is 25.0. The Morgan fingerprint density at radius 1 is 0.814 bits per heavy atom. The average molecular weight is 596 g/mol. The maximum Gasteiger partial charge on any atom is 0.271 e. The van der Waals surface area contributed by atoms with Crippen molar-refractivity contribution in [1.82, 2.24) is 10.3 Å². The van der Waals surface area contributed by atoms with Crippen LogP contribution in [0, 0.1) is 0 Å². The van der Waals surface area contributed by atoms with Gasteiger partial charge in [0.15, 0.2) is 0 Å². The number of ether oxygens (including phenoxy) is 1. The van der Waals surface area contributed by atoms with Gasteiger partial charge in [0.25, 0.3) is 11.8 Å². The number of amides is 2. The molecule has 0 bridgehead atoms. The van der Waals surface area contributed by atoms with Crippen LogP contribution in [0.2, 0.25) is 5.02 Å². The minimum Gasteiger partial charge on any atom is -0.495 e. The number of anilines is 2. The molecule has 4 aromatic carbocycles. The molecule has 0 radical (unpaired) electrons. The van der Waals surface area contributed by atoms with Crippen LogP contribution >= 0.6 is 11.6 Å². The van der Waals surface area contributed by atoms with Crippen molar-refractivity contribution < 1.29 is 14.3 Å². The largest absolute Gasteiger partial charge is 0.495 e. The number of hydrazone groups is 1. The second kappa shape index (κ2) is 14.0. The molecule has 1 aliphatic heterocycles. The molecule has 8 nitrogen and oxygen atoms in total. The molecule has 1 heterocycles. The number of hydrogen-bond donors (Lipinski definition) is 2. The fourth-order valence-electron chi connectivity index (χ4n) is 4.98. The Kier molecular flexibility index (Phi) is 9.71. The Morgan fingerprint density at radius 3 is 2.28 bits per heavy atom. The Morgan fingerprint density at radius 2 is 1.53 bits per heavy atom. The third-order valence-corrected chi connectivity index (χ3v) is 7.61. The fraction of sp³-hybridized carbons (Fsp3) is 0.206. The van der Waals surface area contributed by atoms with Crippen LogP contribution < -0.4 is 20.4 Å². The summed E-state index contributed by atoms with van der Waals surface area (Å²) in [6, 6.07) is 29.8. The van der Waals surface area contributed by atoms with Gasteiger partial charge >= 0.3 is 0 Å². The molecule has 0 aromatic heterocycles. The predicted octanol–water partition coefficient (Wildman–Crippen LogP) is 6.08. The highest BCUT2D eigenvalue weighted by Crippen LogP contribution is 2.28. The summed E-state index contributed by atoms with van der Waals surface area (Å²) in [6.45, 7) is 6.36. The molecule has 43 heavy (non-hydrogen) atoms. The molecule has 5 rings (SSSR count). The van der Waals surface area contributed by atoms with E-state index in [1.165, 1.54) is 0 Å². The van der Waals surface area contributed by atoms with Gasteiger partial charge in [-0.25, -0.2) is 5.43 Å². The second-order valence-corrected chi connectivity index (χ2v) is 10.8. The maximum absolute atomic E-state index is 12.8. The van der Waals surface area contributed by atoms with Crippen molar-refractivity contribution in [3.8, 4) is 5.75 Å². The van der Waals surface area contributed by atoms with E-state index < -0.39 is 0 Å². The molecule has 2 N–H and O–H groups in total. The number of halogens is 1. The Labute approximate surface area is 256 Å². The van der Waals surface area contributed by atoms with Crippen LogP contribution in [0.25, 0.3) is 0 Å². The van der Waals surface area contributed by atoms with Crippen molar-refractivity contribution >= 4 is 40.5 Å². The fourth-order valence-corrected chi connectivity index (χ4v) is 5.17. The smallest absolute Gasteiger partial charge is 0.271 e. The zero-order valence-electron chi connectivity index (χ0n) is 24.2. The second-order valence-electron chi connectivity index (χ2n) is 10.3. The molecule has 0 unspecified atom stereocenters. The highest BCUT2D eigenvalue weighted by molar-refractivity contribution is 6.31. The number of nitrogens with one attached hydrogen (secondary N) is 2. The number of piperazine rings is 1. The van der Waals surface area contributed by atoms with Crippen LogP contribution in [-0.4, -0.2) is 55.7 Å². The number of carbonyl (C=O) groups is 2. The SMILES string of the molecule is COc1ccccc1N1CCN(Cc2ccc(C(=O)N/N=C(/C)c3cccc(NC(=O)c4cccc(Cl)c4)c3)cc2)CC1. The van der Waals surface area contributed by atoms with Gasteiger partial charge in [-0.15, -0.1) is 0 Å². The Bertz CT molecular complexity index is 1610. The van der Waals surface area contributed by atoms with Gasteiger partial charge in [-0.3, -0.25) is 14.5 Å². The highest BCUT2D eigenvalue weighted by atomic mass is 35.5. The molecular formula is C34H34ClN5O3. The van der Waals surface area contributed by atoms with Crippen LogP contribution in [0.5, 0.6) is 5.75 Å². The summed E-state index contributed by atoms with van der Waals surface area (Å²) in [7, 11) is 1.71. The summed E-state index contributed by atoms with van der Waals surface area (Å²) in [5.74, 6) is 0.346. The lowest BCUT2D eigenvalue weighted by atomic mass is 10.1. The van der Waals surface area contributed by atoms with E-state index in [4.69, 9.17) is 16.3 Å². The van der Waals surface area contributed by atoms with Crippen LogP contribution in [0.4, 0.5) is 11.4 Å². The molecule has 2 amide bonds. The number of para-hydroxylation sites is 2. The highest BCUT2D eigenvalue weighted by Gasteiger charge is 2.19. The first kappa shape index (κ1) is 29.8. The van der Waals surface area contributed by atoms with Crippen molar-refractivity contribution in [3.63, 3.8) is 0 Å². The van der Waals surface area contributed by atoms with Crippen molar-refractivity contribution in [2.75, 3.05) is 43.5 Å². The lowest BCUT2D eigenvalue weighted by Gasteiger charge is -2.36. The van der Waals surface area contributed by atoms with Crippen molar-refractivity contribution in [1.29, 1.82) is 0 Å². The molecule has 0 spiro atoms. The van der Waals surface area contributed by atoms with Crippen molar-refractivity contribution in [3.05, 3.63) is 124 Å². The molecule has 1 aliphatic rings. The lowest BCUT2D eigenvalue weighted by molar-refractivity contribution is 0.0954. The van der Waals surface area contributed by atoms with E-state index in [0.29, 0.717) is 27.5 Å². The lowest BCUT2D eigenvalue weighted by Crippen LogP contribution is -2.46. The van der Waals surface area contributed by atoms with Crippen LogP contribution in [0.3, 0.4) is 0 Å². The summed E-state index contributed by atoms with van der Waals surface area (Å²) in [6.07, 6.45) is 0. The quantitative estimate of drug-likeness (QED) is 0.181. The predicted molar refractivity (Wildman–Crippen MR) is 172 cm³/mol. The number of nitrogens with zero attached hydrogens (tertiary/aromatic N) is 3. The van der Waals surface area contributed by atoms with Crippen LogP contribution in [0.1, 0.15) is 38.8 Å².